The van der Waals surface area contributed by atoms with Crippen LogP contribution in [0.1, 0.15) is 6.92 Å². The number of hydrogen-bond donors (Lipinski definition) is 2. The lowest BCUT2D eigenvalue weighted by molar-refractivity contribution is 0.173. The van der Waals surface area contributed by atoms with Crippen molar-refractivity contribution in [3.05, 3.63) is 30.1 Å². The van der Waals surface area contributed by atoms with Crippen molar-refractivity contribution in [2.75, 3.05) is 19.0 Å². The zero-order chi connectivity index (χ0) is 12.0. The Labute approximate surface area is 93.8 Å². The number of halogens is 1. The first-order valence-corrected chi connectivity index (χ1v) is 4.94. The number of ether oxygens (including phenoxy) is 1. The third kappa shape index (κ3) is 3.86. The van der Waals surface area contributed by atoms with E-state index in [9.17, 15) is 9.18 Å². The molecule has 1 atom stereocenters. The van der Waals surface area contributed by atoms with E-state index in [-0.39, 0.29) is 11.7 Å². The van der Waals surface area contributed by atoms with Gasteiger partial charge in [0.15, 0.2) is 0 Å². The molecule has 2 amide bonds. The van der Waals surface area contributed by atoms with Gasteiger partial charge in [-0.3, -0.25) is 0 Å². The number of nitrogens with one attached hydrogen (secondary N) is 2. The highest BCUT2D eigenvalue weighted by atomic mass is 19.1. The number of urea groups is 1. The molecule has 0 bridgehead atoms. The van der Waals surface area contributed by atoms with Crippen molar-refractivity contribution in [3.63, 3.8) is 0 Å². The summed E-state index contributed by atoms with van der Waals surface area (Å²) in [4.78, 5) is 11.4. The molecule has 0 spiro atoms. The molecule has 5 heteroatoms. The van der Waals surface area contributed by atoms with Crippen LogP contribution in [0.15, 0.2) is 24.3 Å². The number of amides is 2. The van der Waals surface area contributed by atoms with E-state index in [1.54, 1.807) is 26.2 Å². The Bertz CT molecular complexity index is 358. The van der Waals surface area contributed by atoms with Gasteiger partial charge in [0.2, 0.25) is 0 Å². The van der Waals surface area contributed by atoms with Crippen LogP contribution in [0.5, 0.6) is 0 Å². The third-order valence-electron chi connectivity index (χ3n) is 1.92. The normalized spacial score (nSPS) is 11.9. The standard InChI is InChI=1S/C11H15FN2O2/c1-8(7-16-2)13-11(15)14-10-6-4-3-5-9(10)12/h3-6,8H,7H2,1-2H3,(H2,13,14,15). The average molecular weight is 226 g/mol. The second kappa shape index (κ2) is 6.07. The Kier molecular flexibility index (Phi) is 4.72. The first-order valence-electron chi connectivity index (χ1n) is 4.94. The molecule has 0 heterocycles. The quantitative estimate of drug-likeness (QED) is 0.824. The van der Waals surface area contributed by atoms with Crippen LogP contribution in [-0.2, 0) is 4.74 Å². The van der Waals surface area contributed by atoms with E-state index in [0.717, 1.165) is 0 Å². The molecule has 1 aromatic carbocycles. The van der Waals surface area contributed by atoms with Gasteiger partial charge in [-0.2, -0.15) is 0 Å². The molecule has 2 N–H and O–H groups in total. The molecule has 0 radical (unpaired) electrons. The molecule has 0 aliphatic rings. The van der Waals surface area contributed by atoms with Gasteiger partial charge >= 0.3 is 6.03 Å². The minimum Gasteiger partial charge on any atom is -0.383 e. The van der Waals surface area contributed by atoms with E-state index < -0.39 is 11.8 Å². The van der Waals surface area contributed by atoms with Crippen molar-refractivity contribution in [1.82, 2.24) is 5.32 Å². The monoisotopic (exact) mass is 226 g/mol. The zero-order valence-electron chi connectivity index (χ0n) is 9.29. The van der Waals surface area contributed by atoms with E-state index in [4.69, 9.17) is 4.74 Å². The van der Waals surface area contributed by atoms with Gasteiger partial charge in [-0.1, -0.05) is 12.1 Å². The Hall–Kier alpha value is -1.62. The largest absolute Gasteiger partial charge is 0.383 e. The summed E-state index contributed by atoms with van der Waals surface area (Å²) in [5, 5.41) is 5.03. The van der Waals surface area contributed by atoms with Gasteiger partial charge in [0, 0.05) is 7.11 Å². The topological polar surface area (TPSA) is 50.4 Å². The van der Waals surface area contributed by atoms with Gasteiger partial charge in [0.05, 0.1) is 18.3 Å². The highest BCUT2D eigenvalue weighted by Crippen LogP contribution is 2.11. The maximum atomic E-state index is 13.2. The summed E-state index contributed by atoms with van der Waals surface area (Å²) in [7, 11) is 1.55. The highest BCUT2D eigenvalue weighted by Gasteiger charge is 2.08. The van der Waals surface area contributed by atoms with Crippen molar-refractivity contribution < 1.29 is 13.9 Å². The highest BCUT2D eigenvalue weighted by molar-refractivity contribution is 5.89. The minimum atomic E-state index is -0.461. The van der Waals surface area contributed by atoms with E-state index in [1.807, 2.05) is 0 Å². The number of benzene rings is 1. The summed E-state index contributed by atoms with van der Waals surface area (Å²) in [6.45, 7) is 2.20. The van der Waals surface area contributed by atoms with Gasteiger partial charge in [-0.05, 0) is 19.1 Å². The molecule has 16 heavy (non-hydrogen) atoms. The van der Waals surface area contributed by atoms with Crippen LogP contribution in [0, 0.1) is 5.82 Å². The van der Waals surface area contributed by atoms with Crippen molar-refractivity contribution in [3.8, 4) is 0 Å². The second-order valence-corrected chi connectivity index (χ2v) is 3.43. The van der Waals surface area contributed by atoms with E-state index in [2.05, 4.69) is 10.6 Å². The third-order valence-corrected chi connectivity index (χ3v) is 1.92. The number of carbonyl (C=O) groups excluding carboxylic acids is 1. The lowest BCUT2D eigenvalue weighted by Crippen LogP contribution is -2.38. The predicted octanol–water partition coefficient (Wildman–Crippen LogP) is 1.98. The fourth-order valence-corrected chi connectivity index (χ4v) is 1.24. The van der Waals surface area contributed by atoms with E-state index in [1.165, 1.54) is 12.1 Å². The predicted molar refractivity (Wildman–Crippen MR) is 59.9 cm³/mol. The van der Waals surface area contributed by atoms with Crippen LogP contribution in [-0.4, -0.2) is 25.8 Å². The van der Waals surface area contributed by atoms with Crippen LogP contribution in [0.2, 0.25) is 0 Å². The maximum Gasteiger partial charge on any atom is 0.319 e. The maximum absolute atomic E-state index is 13.2. The molecule has 1 rings (SSSR count). The molecular formula is C11H15FN2O2. The minimum absolute atomic E-state index is 0.128. The summed E-state index contributed by atoms with van der Waals surface area (Å²) in [6, 6.07) is 5.42. The molecule has 1 unspecified atom stereocenters. The number of anilines is 1. The molecule has 0 saturated carbocycles. The fraction of sp³-hybridized carbons (Fsp3) is 0.364. The molecule has 0 saturated heterocycles. The van der Waals surface area contributed by atoms with Crippen LogP contribution in [0.4, 0.5) is 14.9 Å². The summed E-state index contributed by atoms with van der Waals surface area (Å²) in [6.07, 6.45) is 0. The SMILES string of the molecule is COCC(C)NC(=O)Nc1ccccc1F. The van der Waals surface area contributed by atoms with Gasteiger partial charge in [0.25, 0.3) is 0 Å². The van der Waals surface area contributed by atoms with Crippen molar-refractivity contribution >= 4 is 11.7 Å². The molecule has 0 fully saturated rings. The molecule has 88 valence electrons. The van der Waals surface area contributed by atoms with Crippen LogP contribution >= 0.6 is 0 Å². The fourth-order valence-electron chi connectivity index (χ4n) is 1.24. The lowest BCUT2D eigenvalue weighted by Gasteiger charge is -2.13. The number of methoxy groups -OCH3 is 1. The number of carbonyl (C=O) groups is 1. The number of rotatable bonds is 4. The molecule has 0 aliphatic heterocycles. The number of para-hydroxylation sites is 1. The van der Waals surface area contributed by atoms with Crippen LogP contribution < -0.4 is 10.6 Å². The van der Waals surface area contributed by atoms with Gasteiger partial charge in [-0.15, -0.1) is 0 Å². The average Bonchev–Trinajstić information content (AvgIpc) is 2.21. The molecule has 1 aromatic rings. The van der Waals surface area contributed by atoms with Crippen molar-refractivity contribution in [2.45, 2.75) is 13.0 Å². The Morgan fingerprint density at radius 3 is 2.81 bits per heavy atom. The summed E-state index contributed by atoms with van der Waals surface area (Å²) < 4.78 is 18.0. The Balaban J connectivity index is 2.49. The first-order chi connectivity index (χ1) is 7.63. The van der Waals surface area contributed by atoms with Gasteiger partial charge < -0.3 is 15.4 Å². The molecule has 0 aliphatic carbocycles. The van der Waals surface area contributed by atoms with Crippen LogP contribution in [0.25, 0.3) is 0 Å². The number of hydrogen-bond acceptors (Lipinski definition) is 2. The molecule has 0 aromatic heterocycles. The first kappa shape index (κ1) is 12.4. The van der Waals surface area contributed by atoms with Crippen molar-refractivity contribution in [2.24, 2.45) is 0 Å². The Morgan fingerprint density at radius 2 is 2.19 bits per heavy atom. The van der Waals surface area contributed by atoms with Gasteiger partial charge in [-0.25, -0.2) is 9.18 Å². The van der Waals surface area contributed by atoms with Crippen LogP contribution in [0.3, 0.4) is 0 Å². The summed E-state index contributed by atoms with van der Waals surface area (Å²) in [5.74, 6) is -0.461. The molecular weight excluding hydrogens is 211 g/mol. The summed E-state index contributed by atoms with van der Waals surface area (Å²) in [5.41, 5.74) is 0.157. The summed E-state index contributed by atoms with van der Waals surface area (Å²) >= 11 is 0. The van der Waals surface area contributed by atoms with E-state index >= 15 is 0 Å². The molecule has 4 nitrogen and oxygen atoms in total. The Morgan fingerprint density at radius 1 is 1.50 bits per heavy atom. The van der Waals surface area contributed by atoms with E-state index in [0.29, 0.717) is 6.61 Å². The zero-order valence-corrected chi connectivity index (χ0v) is 9.29. The van der Waals surface area contributed by atoms with Crippen molar-refractivity contribution in [1.29, 1.82) is 0 Å². The lowest BCUT2D eigenvalue weighted by atomic mass is 10.3. The van der Waals surface area contributed by atoms with Gasteiger partial charge in [0.1, 0.15) is 5.82 Å². The second-order valence-electron chi connectivity index (χ2n) is 3.43. The smallest absolute Gasteiger partial charge is 0.319 e.